The molecule has 1 aliphatic rings. The number of pyridine rings is 1. The number of hydrogen-bond acceptors (Lipinski definition) is 6. The second-order valence-corrected chi connectivity index (χ2v) is 9.26. The van der Waals surface area contributed by atoms with Gasteiger partial charge in [0.2, 0.25) is 5.88 Å². The minimum absolute atomic E-state index is 0.128. The normalized spacial score (nSPS) is 15.1. The van der Waals surface area contributed by atoms with Crippen molar-refractivity contribution in [1.82, 2.24) is 20.3 Å². The lowest BCUT2D eigenvalue weighted by atomic mass is 10.0. The number of nitrogens with zero attached hydrogens (tertiary/aromatic N) is 3. The van der Waals surface area contributed by atoms with Gasteiger partial charge in [0.25, 0.3) is 0 Å². The van der Waals surface area contributed by atoms with Crippen LogP contribution in [0.25, 0.3) is 22.4 Å². The SMILES string of the molecule is COc1ncc(C)cc1-c1nc2cc(N3CCC(NC(=O)OC(C)(C)C)CC3)ccc2[nH]1. The number of imidazole rings is 1. The Hall–Kier alpha value is -3.29. The Kier molecular flexibility index (Phi) is 5.95. The molecule has 0 atom stereocenters. The quantitative estimate of drug-likeness (QED) is 0.627. The van der Waals surface area contributed by atoms with Crippen LogP contribution in [0.4, 0.5) is 10.5 Å². The Morgan fingerprint density at radius 1 is 1.22 bits per heavy atom. The summed E-state index contributed by atoms with van der Waals surface area (Å²) < 4.78 is 10.8. The Morgan fingerprint density at radius 2 is 1.97 bits per heavy atom. The Balaban J connectivity index is 1.45. The van der Waals surface area contributed by atoms with E-state index in [1.54, 1.807) is 13.3 Å². The standard InChI is InChI=1S/C24H31N5O3/c1-15-12-18(22(31-5)25-14-15)21-27-19-7-6-17(13-20(19)28-21)29-10-8-16(9-11-29)26-23(30)32-24(2,3)4/h6-7,12-14,16H,8-11H2,1-5H3,(H,26,30)(H,27,28). The van der Waals surface area contributed by atoms with Gasteiger partial charge in [0.05, 0.1) is 23.7 Å². The fourth-order valence-corrected chi connectivity index (χ4v) is 3.96. The summed E-state index contributed by atoms with van der Waals surface area (Å²) in [5, 5.41) is 2.99. The Labute approximate surface area is 188 Å². The summed E-state index contributed by atoms with van der Waals surface area (Å²) in [6.45, 7) is 9.34. The van der Waals surface area contributed by atoms with E-state index in [9.17, 15) is 4.79 Å². The first kappa shape index (κ1) is 21.9. The van der Waals surface area contributed by atoms with Crippen LogP contribution in [0.2, 0.25) is 0 Å². The van der Waals surface area contributed by atoms with Crippen molar-refractivity contribution in [2.45, 2.75) is 52.2 Å². The monoisotopic (exact) mass is 437 g/mol. The Morgan fingerprint density at radius 3 is 2.66 bits per heavy atom. The van der Waals surface area contributed by atoms with Crippen molar-refractivity contribution in [1.29, 1.82) is 0 Å². The van der Waals surface area contributed by atoms with Gasteiger partial charge in [0.15, 0.2) is 0 Å². The van der Waals surface area contributed by atoms with Gasteiger partial charge in [0.1, 0.15) is 11.4 Å². The molecule has 1 aliphatic heterocycles. The summed E-state index contributed by atoms with van der Waals surface area (Å²) in [5.41, 5.74) is 4.40. The second kappa shape index (κ2) is 8.68. The molecule has 0 aliphatic carbocycles. The van der Waals surface area contributed by atoms with Crippen LogP contribution in [-0.4, -0.2) is 52.9 Å². The highest BCUT2D eigenvalue weighted by atomic mass is 16.6. The van der Waals surface area contributed by atoms with E-state index in [0.717, 1.165) is 59.6 Å². The van der Waals surface area contributed by atoms with Crippen molar-refractivity contribution in [2.75, 3.05) is 25.1 Å². The summed E-state index contributed by atoms with van der Waals surface area (Å²) in [4.78, 5) is 26.9. The highest BCUT2D eigenvalue weighted by Gasteiger charge is 2.24. The molecule has 0 spiro atoms. The van der Waals surface area contributed by atoms with Gasteiger partial charge in [-0.2, -0.15) is 0 Å². The van der Waals surface area contributed by atoms with Crippen LogP contribution in [-0.2, 0) is 4.74 Å². The first-order valence-electron chi connectivity index (χ1n) is 11.0. The smallest absolute Gasteiger partial charge is 0.407 e. The molecule has 4 rings (SSSR count). The van der Waals surface area contributed by atoms with Crippen LogP contribution in [0.15, 0.2) is 30.5 Å². The van der Waals surface area contributed by atoms with E-state index < -0.39 is 5.60 Å². The molecular formula is C24H31N5O3. The van der Waals surface area contributed by atoms with Gasteiger partial charge in [-0.25, -0.2) is 14.8 Å². The lowest BCUT2D eigenvalue weighted by molar-refractivity contribution is 0.0497. The van der Waals surface area contributed by atoms with Crippen molar-refractivity contribution in [3.63, 3.8) is 0 Å². The topological polar surface area (TPSA) is 92.4 Å². The number of carbonyl (C=O) groups excluding carboxylic acids is 1. The van der Waals surface area contributed by atoms with Gasteiger partial charge in [-0.1, -0.05) is 0 Å². The molecule has 2 N–H and O–H groups in total. The van der Waals surface area contributed by atoms with Gasteiger partial charge in [-0.05, 0) is 70.4 Å². The molecule has 3 heterocycles. The molecule has 1 aromatic carbocycles. The van der Waals surface area contributed by atoms with Crippen molar-refractivity contribution in [3.8, 4) is 17.3 Å². The summed E-state index contributed by atoms with van der Waals surface area (Å²) in [7, 11) is 1.61. The van der Waals surface area contributed by atoms with Gasteiger partial charge >= 0.3 is 6.09 Å². The van der Waals surface area contributed by atoms with Gasteiger partial charge in [-0.15, -0.1) is 0 Å². The number of piperidine rings is 1. The number of methoxy groups -OCH3 is 1. The summed E-state index contributed by atoms with van der Waals surface area (Å²) in [6, 6.07) is 8.42. The summed E-state index contributed by atoms with van der Waals surface area (Å²) in [6.07, 6.45) is 3.18. The first-order valence-corrected chi connectivity index (χ1v) is 11.0. The summed E-state index contributed by atoms with van der Waals surface area (Å²) in [5.74, 6) is 1.29. The number of alkyl carbamates (subject to hydrolysis) is 1. The fourth-order valence-electron chi connectivity index (χ4n) is 3.96. The van der Waals surface area contributed by atoms with Crippen LogP contribution in [0, 0.1) is 6.92 Å². The van der Waals surface area contributed by atoms with Crippen LogP contribution < -0.4 is 15.0 Å². The van der Waals surface area contributed by atoms with E-state index in [-0.39, 0.29) is 12.1 Å². The molecule has 170 valence electrons. The minimum atomic E-state index is -0.485. The van der Waals surface area contributed by atoms with Crippen molar-refractivity contribution < 1.29 is 14.3 Å². The number of aryl methyl sites for hydroxylation is 1. The fraction of sp³-hybridized carbons (Fsp3) is 0.458. The van der Waals surface area contributed by atoms with Gasteiger partial charge < -0.3 is 24.7 Å². The molecular weight excluding hydrogens is 406 g/mol. The van der Waals surface area contributed by atoms with E-state index in [4.69, 9.17) is 14.5 Å². The molecule has 8 heteroatoms. The minimum Gasteiger partial charge on any atom is -0.480 e. The highest BCUT2D eigenvalue weighted by Crippen LogP contribution is 2.30. The second-order valence-electron chi connectivity index (χ2n) is 9.26. The number of aromatic nitrogens is 3. The number of carbonyl (C=O) groups is 1. The lowest BCUT2D eigenvalue weighted by Gasteiger charge is -2.34. The maximum atomic E-state index is 12.0. The van der Waals surface area contributed by atoms with E-state index in [1.807, 2.05) is 33.8 Å². The Bertz CT molecular complexity index is 1110. The molecule has 0 radical (unpaired) electrons. The molecule has 1 fully saturated rings. The molecule has 1 saturated heterocycles. The third-order valence-electron chi connectivity index (χ3n) is 5.48. The molecule has 2 aromatic heterocycles. The van der Waals surface area contributed by atoms with Crippen LogP contribution in [0.3, 0.4) is 0 Å². The molecule has 0 saturated carbocycles. The predicted octanol–water partition coefficient (Wildman–Crippen LogP) is 4.44. The molecule has 0 unspecified atom stereocenters. The average Bonchev–Trinajstić information content (AvgIpc) is 3.16. The zero-order chi connectivity index (χ0) is 22.9. The zero-order valence-corrected chi connectivity index (χ0v) is 19.4. The number of ether oxygens (including phenoxy) is 2. The van der Waals surface area contributed by atoms with Gasteiger partial charge in [0, 0.05) is 31.0 Å². The zero-order valence-electron chi connectivity index (χ0n) is 19.4. The number of benzene rings is 1. The van der Waals surface area contributed by atoms with Crippen LogP contribution >= 0.6 is 0 Å². The third kappa shape index (κ3) is 4.95. The number of anilines is 1. The maximum absolute atomic E-state index is 12.0. The number of rotatable bonds is 4. The van der Waals surface area contributed by atoms with Crippen molar-refractivity contribution in [2.24, 2.45) is 0 Å². The molecule has 8 nitrogen and oxygen atoms in total. The number of fused-ring (bicyclic) bond motifs is 1. The average molecular weight is 438 g/mol. The van der Waals surface area contributed by atoms with E-state index >= 15 is 0 Å². The first-order chi connectivity index (χ1) is 15.2. The number of aromatic amines is 1. The van der Waals surface area contributed by atoms with Crippen LogP contribution in [0.1, 0.15) is 39.2 Å². The van der Waals surface area contributed by atoms with E-state index in [2.05, 4.69) is 38.4 Å². The number of nitrogens with one attached hydrogen (secondary N) is 2. The molecule has 3 aromatic rings. The van der Waals surface area contributed by atoms with Crippen LogP contribution in [0.5, 0.6) is 5.88 Å². The number of hydrogen-bond donors (Lipinski definition) is 2. The lowest BCUT2D eigenvalue weighted by Crippen LogP contribution is -2.46. The molecule has 1 amide bonds. The largest absolute Gasteiger partial charge is 0.480 e. The van der Waals surface area contributed by atoms with Crippen molar-refractivity contribution in [3.05, 3.63) is 36.0 Å². The van der Waals surface area contributed by atoms with Crippen molar-refractivity contribution >= 4 is 22.8 Å². The van der Waals surface area contributed by atoms with E-state index in [1.165, 1.54) is 0 Å². The number of amides is 1. The van der Waals surface area contributed by atoms with Gasteiger partial charge in [-0.3, -0.25) is 0 Å². The number of H-pyrrole nitrogens is 1. The third-order valence-corrected chi connectivity index (χ3v) is 5.48. The van der Waals surface area contributed by atoms with E-state index in [0.29, 0.717) is 5.88 Å². The maximum Gasteiger partial charge on any atom is 0.407 e. The highest BCUT2D eigenvalue weighted by molar-refractivity contribution is 5.83. The molecule has 32 heavy (non-hydrogen) atoms. The summed E-state index contributed by atoms with van der Waals surface area (Å²) >= 11 is 0. The predicted molar refractivity (Wildman–Crippen MR) is 125 cm³/mol. The molecule has 0 bridgehead atoms.